The average molecular weight is 260 g/mol. The number of rotatable bonds is 3. The predicted octanol–water partition coefficient (Wildman–Crippen LogP) is 2.76. The van der Waals surface area contributed by atoms with Gasteiger partial charge >= 0.3 is 0 Å². The molecule has 1 heterocycles. The van der Waals surface area contributed by atoms with Gasteiger partial charge in [0.25, 0.3) is 0 Å². The van der Waals surface area contributed by atoms with Gasteiger partial charge in [-0.05, 0) is 25.0 Å². The second-order valence-electron chi connectivity index (χ2n) is 5.63. The Morgan fingerprint density at radius 1 is 1.00 bits per heavy atom. The molecule has 0 spiro atoms. The Morgan fingerprint density at radius 2 is 1.68 bits per heavy atom. The van der Waals surface area contributed by atoms with Crippen molar-refractivity contribution >= 4 is 5.69 Å². The molecule has 1 aliphatic heterocycles. The van der Waals surface area contributed by atoms with Gasteiger partial charge in [-0.1, -0.05) is 25.0 Å². The number of hydrogen-bond donors (Lipinski definition) is 0. The van der Waals surface area contributed by atoms with E-state index in [0.29, 0.717) is 0 Å². The van der Waals surface area contributed by atoms with Crippen molar-refractivity contribution in [2.24, 2.45) is 0 Å². The summed E-state index contributed by atoms with van der Waals surface area (Å²) in [5.41, 5.74) is 1.25. The zero-order valence-electron chi connectivity index (χ0n) is 11.8. The molecule has 0 bridgehead atoms. The van der Waals surface area contributed by atoms with E-state index in [1.54, 1.807) is 7.11 Å². The van der Waals surface area contributed by atoms with Gasteiger partial charge in [0, 0.05) is 32.2 Å². The van der Waals surface area contributed by atoms with E-state index in [-0.39, 0.29) is 0 Å². The molecular formula is C16H24N2O. The van der Waals surface area contributed by atoms with Crippen molar-refractivity contribution < 1.29 is 4.74 Å². The zero-order chi connectivity index (χ0) is 13.1. The highest BCUT2D eigenvalue weighted by atomic mass is 16.5. The molecule has 0 N–H and O–H groups in total. The number of nitrogens with zero attached hydrogens (tertiary/aromatic N) is 2. The van der Waals surface area contributed by atoms with Crippen molar-refractivity contribution in [1.82, 2.24) is 4.90 Å². The molecule has 2 fully saturated rings. The van der Waals surface area contributed by atoms with Crippen LogP contribution in [-0.2, 0) is 0 Å². The molecule has 0 amide bonds. The second kappa shape index (κ2) is 5.83. The minimum absolute atomic E-state index is 0.861. The standard InChI is InChI=1S/C16H24N2O/c1-19-16-9-5-4-8-15(16)18-12-10-17(11-13-18)14-6-2-3-7-14/h4-5,8-9,14H,2-3,6-7,10-13H2,1H3. The van der Waals surface area contributed by atoms with E-state index < -0.39 is 0 Å². The molecule has 104 valence electrons. The van der Waals surface area contributed by atoms with Crippen LogP contribution in [0.2, 0.25) is 0 Å². The number of anilines is 1. The third-order valence-corrected chi connectivity index (χ3v) is 4.58. The number of ether oxygens (including phenoxy) is 1. The van der Waals surface area contributed by atoms with Gasteiger partial charge in [-0.25, -0.2) is 0 Å². The van der Waals surface area contributed by atoms with Crippen molar-refractivity contribution in [2.45, 2.75) is 31.7 Å². The average Bonchev–Trinajstić information content (AvgIpc) is 3.02. The van der Waals surface area contributed by atoms with E-state index in [9.17, 15) is 0 Å². The molecule has 3 nitrogen and oxygen atoms in total. The van der Waals surface area contributed by atoms with Crippen LogP contribution in [0.4, 0.5) is 5.69 Å². The molecule has 0 unspecified atom stereocenters. The van der Waals surface area contributed by atoms with Crippen molar-refractivity contribution in [1.29, 1.82) is 0 Å². The summed E-state index contributed by atoms with van der Waals surface area (Å²) in [5.74, 6) is 0.997. The van der Waals surface area contributed by atoms with Crippen molar-refractivity contribution in [3.05, 3.63) is 24.3 Å². The minimum atomic E-state index is 0.861. The van der Waals surface area contributed by atoms with Gasteiger partial charge in [0.2, 0.25) is 0 Å². The quantitative estimate of drug-likeness (QED) is 0.831. The van der Waals surface area contributed by atoms with Crippen LogP contribution in [0.3, 0.4) is 0 Å². The summed E-state index contributed by atoms with van der Waals surface area (Å²) < 4.78 is 5.47. The Labute approximate surface area is 116 Å². The summed E-state index contributed by atoms with van der Waals surface area (Å²) in [7, 11) is 1.76. The highest BCUT2D eigenvalue weighted by Crippen LogP contribution is 2.30. The first-order valence-electron chi connectivity index (χ1n) is 7.50. The summed E-state index contributed by atoms with van der Waals surface area (Å²) >= 11 is 0. The molecule has 1 saturated carbocycles. The lowest BCUT2D eigenvalue weighted by Gasteiger charge is -2.39. The normalized spacial score (nSPS) is 21.8. The van der Waals surface area contributed by atoms with Crippen LogP contribution in [0.25, 0.3) is 0 Å². The van der Waals surface area contributed by atoms with Crippen molar-refractivity contribution in [2.75, 3.05) is 38.2 Å². The van der Waals surface area contributed by atoms with Gasteiger partial charge in [0.15, 0.2) is 0 Å². The zero-order valence-corrected chi connectivity index (χ0v) is 11.8. The van der Waals surface area contributed by atoms with Crippen LogP contribution < -0.4 is 9.64 Å². The van der Waals surface area contributed by atoms with Crippen LogP contribution in [0.1, 0.15) is 25.7 Å². The fraction of sp³-hybridized carbons (Fsp3) is 0.625. The van der Waals surface area contributed by atoms with Crippen molar-refractivity contribution in [3.63, 3.8) is 0 Å². The van der Waals surface area contributed by atoms with Gasteiger partial charge in [-0.3, -0.25) is 4.90 Å². The van der Waals surface area contributed by atoms with Gasteiger partial charge in [0.1, 0.15) is 5.75 Å². The first kappa shape index (κ1) is 12.8. The van der Waals surface area contributed by atoms with E-state index in [1.807, 2.05) is 6.07 Å². The highest BCUT2D eigenvalue weighted by molar-refractivity contribution is 5.58. The topological polar surface area (TPSA) is 15.7 Å². The minimum Gasteiger partial charge on any atom is -0.495 e. The molecule has 3 heteroatoms. The molecule has 19 heavy (non-hydrogen) atoms. The number of methoxy groups -OCH3 is 1. The van der Waals surface area contributed by atoms with Crippen LogP contribution in [-0.4, -0.2) is 44.2 Å². The molecule has 1 aliphatic carbocycles. The third-order valence-electron chi connectivity index (χ3n) is 4.58. The predicted molar refractivity (Wildman–Crippen MR) is 79.0 cm³/mol. The molecule has 3 rings (SSSR count). The molecule has 0 radical (unpaired) electrons. The summed E-state index contributed by atoms with van der Waals surface area (Å²) in [5, 5.41) is 0. The molecule has 1 saturated heterocycles. The Balaban J connectivity index is 1.63. The number of piperazine rings is 1. The fourth-order valence-electron chi connectivity index (χ4n) is 3.49. The smallest absolute Gasteiger partial charge is 0.142 e. The SMILES string of the molecule is COc1ccccc1N1CCN(C2CCCC2)CC1. The monoisotopic (exact) mass is 260 g/mol. The van der Waals surface area contributed by atoms with E-state index >= 15 is 0 Å². The molecule has 1 aromatic rings. The Kier molecular flexibility index (Phi) is 3.92. The summed E-state index contributed by atoms with van der Waals surface area (Å²) in [4.78, 5) is 5.16. The van der Waals surface area contributed by atoms with Gasteiger partial charge in [-0.2, -0.15) is 0 Å². The van der Waals surface area contributed by atoms with Gasteiger partial charge < -0.3 is 9.64 Å². The summed E-state index contributed by atoms with van der Waals surface area (Å²) in [6, 6.07) is 9.22. The molecular weight excluding hydrogens is 236 g/mol. The lowest BCUT2D eigenvalue weighted by atomic mass is 10.1. The lowest BCUT2D eigenvalue weighted by Crippen LogP contribution is -2.49. The van der Waals surface area contributed by atoms with Crippen LogP contribution in [0.15, 0.2) is 24.3 Å². The molecule has 2 aliphatic rings. The van der Waals surface area contributed by atoms with E-state index in [1.165, 1.54) is 44.5 Å². The molecule has 0 aromatic heterocycles. The van der Waals surface area contributed by atoms with Crippen molar-refractivity contribution in [3.8, 4) is 5.75 Å². The second-order valence-corrected chi connectivity index (χ2v) is 5.63. The van der Waals surface area contributed by atoms with E-state index in [4.69, 9.17) is 4.74 Å². The number of benzene rings is 1. The van der Waals surface area contributed by atoms with E-state index in [0.717, 1.165) is 24.9 Å². The summed E-state index contributed by atoms with van der Waals surface area (Å²) in [6.45, 7) is 4.64. The fourth-order valence-corrected chi connectivity index (χ4v) is 3.49. The maximum atomic E-state index is 5.47. The van der Waals surface area contributed by atoms with E-state index in [2.05, 4.69) is 28.0 Å². The molecule has 0 atom stereocenters. The van der Waals surface area contributed by atoms with Crippen LogP contribution in [0.5, 0.6) is 5.75 Å². The van der Waals surface area contributed by atoms with Gasteiger partial charge in [0.05, 0.1) is 12.8 Å². The molecule has 1 aromatic carbocycles. The maximum absolute atomic E-state index is 5.47. The first-order chi connectivity index (χ1) is 9.38. The van der Waals surface area contributed by atoms with Crippen LogP contribution in [0, 0.1) is 0 Å². The van der Waals surface area contributed by atoms with Crippen LogP contribution >= 0.6 is 0 Å². The third kappa shape index (κ3) is 2.71. The number of para-hydroxylation sites is 2. The van der Waals surface area contributed by atoms with Gasteiger partial charge in [-0.15, -0.1) is 0 Å². The Hall–Kier alpha value is -1.22. The largest absolute Gasteiger partial charge is 0.495 e. The Morgan fingerprint density at radius 3 is 2.37 bits per heavy atom. The highest BCUT2D eigenvalue weighted by Gasteiger charge is 2.26. The number of hydrogen-bond acceptors (Lipinski definition) is 3. The maximum Gasteiger partial charge on any atom is 0.142 e. The lowest BCUT2D eigenvalue weighted by molar-refractivity contribution is 0.187. The first-order valence-corrected chi connectivity index (χ1v) is 7.50. The Bertz CT molecular complexity index is 407. The summed E-state index contributed by atoms with van der Waals surface area (Å²) in [6.07, 6.45) is 5.68.